The van der Waals surface area contributed by atoms with Gasteiger partial charge in [-0.3, -0.25) is 9.59 Å². The first-order valence-electron chi connectivity index (χ1n) is 8.66. The molecule has 0 saturated carbocycles. The molecule has 0 radical (unpaired) electrons. The van der Waals surface area contributed by atoms with Crippen molar-refractivity contribution in [1.82, 2.24) is 0 Å². The van der Waals surface area contributed by atoms with Crippen LogP contribution in [-0.4, -0.2) is 17.6 Å². The van der Waals surface area contributed by atoms with Crippen LogP contribution in [0, 0.1) is 0 Å². The van der Waals surface area contributed by atoms with Crippen LogP contribution in [0.15, 0.2) is 63.5 Å². The van der Waals surface area contributed by atoms with Gasteiger partial charge in [0.15, 0.2) is 5.78 Å². The highest BCUT2D eigenvalue weighted by atomic mass is 79.9. The van der Waals surface area contributed by atoms with Crippen molar-refractivity contribution in [2.45, 2.75) is 6.42 Å². The molecule has 154 valence electrons. The summed E-state index contributed by atoms with van der Waals surface area (Å²) in [4.78, 5) is 23.2. The van der Waals surface area contributed by atoms with E-state index in [0.717, 1.165) is 26.7 Å². The van der Waals surface area contributed by atoms with Crippen molar-refractivity contribution in [3.05, 3.63) is 95.8 Å². The lowest BCUT2D eigenvalue weighted by atomic mass is 10.0. The third-order valence-corrected chi connectivity index (χ3v) is 6.11. The Morgan fingerprint density at radius 3 is 2.03 bits per heavy atom. The Morgan fingerprint density at radius 2 is 1.43 bits per heavy atom. The molecule has 0 aromatic heterocycles. The van der Waals surface area contributed by atoms with Gasteiger partial charge in [-0.1, -0.05) is 55.1 Å². The van der Waals surface area contributed by atoms with Gasteiger partial charge in [-0.25, -0.2) is 0 Å². The number of ether oxygens (including phenoxy) is 1. The van der Waals surface area contributed by atoms with E-state index in [4.69, 9.17) is 39.5 Å². The van der Waals surface area contributed by atoms with Crippen LogP contribution >= 0.6 is 66.7 Å². The van der Waals surface area contributed by atoms with E-state index in [1.54, 1.807) is 36.4 Å². The van der Waals surface area contributed by atoms with Crippen molar-refractivity contribution in [1.29, 1.82) is 0 Å². The van der Waals surface area contributed by atoms with Gasteiger partial charge in [0.2, 0.25) is 0 Å². The molecular formula is C22H13Br2Cl3O3. The number of carbonyl (C=O) groups excluding carboxylic acids is 2. The molecule has 1 aliphatic heterocycles. The fraction of sp³-hybridized carbons (Fsp3) is 0.0909. The highest BCUT2D eigenvalue weighted by Crippen LogP contribution is 2.29. The Morgan fingerprint density at radius 1 is 0.833 bits per heavy atom. The second-order valence-corrected chi connectivity index (χ2v) is 9.26. The van der Waals surface area contributed by atoms with E-state index >= 15 is 0 Å². The Labute approximate surface area is 205 Å². The Hall–Kier alpha value is -1.37. The van der Waals surface area contributed by atoms with Crippen molar-refractivity contribution < 1.29 is 14.3 Å². The minimum absolute atomic E-state index is 0.0685. The third kappa shape index (κ3) is 5.65. The van der Waals surface area contributed by atoms with Gasteiger partial charge in [-0.2, -0.15) is 0 Å². The molecule has 0 N–H and O–H groups in total. The average Bonchev–Trinajstić information content (AvgIpc) is 3.19. The van der Waals surface area contributed by atoms with Gasteiger partial charge in [0.1, 0.15) is 5.75 Å². The molecule has 0 aliphatic carbocycles. The Bertz CT molecular complexity index is 1130. The van der Waals surface area contributed by atoms with Crippen LogP contribution in [0.1, 0.15) is 31.8 Å². The lowest BCUT2D eigenvalue weighted by Gasteiger charge is -2.06. The molecule has 30 heavy (non-hydrogen) atoms. The van der Waals surface area contributed by atoms with Gasteiger partial charge in [0.05, 0.1) is 22.2 Å². The zero-order chi connectivity index (χ0) is 21.8. The van der Waals surface area contributed by atoms with Crippen molar-refractivity contribution >= 4 is 77.7 Å². The Balaban J connectivity index is 0.000000199. The number of halogens is 5. The van der Waals surface area contributed by atoms with Gasteiger partial charge < -0.3 is 4.74 Å². The van der Waals surface area contributed by atoms with Crippen LogP contribution in [0.3, 0.4) is 0 Å². The number of carbonyl (C=O) groups is 2. The first-order chi connectivity index (χ1) is 14.3. The maximum absolute atomic E-state index is 12.5. The highest BCUT2D eigenvalue weighted by molar-refractivity contribution is 9.10. The van der Waals surface area contributed by atoms with Gasteiger partial charge in [0, 0.05) is 26.5 Å². The normalized spacial score (nSPS) is 11.8. The Kier molecular flexibility index (Phi) is 7.99. The first-order valence-corrected chi connectivity index (χ1v) is 11.4. The monoisotopic (exact) mass is 588 g/mol. The van der Waals surface area contributed by atoms with Crippen molar-refractivity contribution in [2.24, 2.45) is 0 Å². The van der Waals surface area contributed by atoms with E-state index in [0.29, 0.717) is 33.3 Å². The maximum Gasteiger partial charge on any atom is 0.253 e. The van der Waals surface area contributed by atoms with Crippen LogP contribution < -0.4 is 4.74 Å². The molecule has 0 unspecified atom stereocenters. The number of rotatable bonds is 3. The lowest BCUT2D eigenvalue weighted by molar-refractivity contribution is 0.103. The summed E-state index contributed by atoms with van der Waals surface area (Å²) in [7, 11) is 0. The van der Waals surface area contributed by atoms with Gasteiger partial charge in [-0.15, -0.1) is 0 Å². The van der Waals surface area contributed by atoms with Crippen LogP contribution in [0.25, 0.3) is 0 Å². The van der Waals surface area contributed by atoms with Crippen molar-refractivity contribution in [3.63, 3.8) is 0 Å². The number of fused-ring (bicyclic) bond motifs is 1. The predicted octanol–water partition coefficient (Wildman–Crippen LogP) is 7.75. The first kappa shape index (κ1) is 23.3. The van der Waals surface area contributed by atoms with Crippen LogP contribution in [-0.2, 0) is 6.42 Å². The molecule has 1 heterocycles. The molecule has 8 heteroatoms. The van der Waals surface area contributed by atoms with E-state index in [2.05, 4.69) is 31.9 Å². The molecule has 0 atom stereocenters. The van der Waals surface area contributed by atoms with Gasteiger partial charge >= 0.3 is 0 Å². The summed E-state index contributed by atoms with van der Waals surface area (Å²) in [6.07, 6.45) is 0.850. The summed E-state index contributed by atoms with van der Waals surface area (Å²) in [5.74, 6) is 0.804. The highest BCUT2D eigenvalue weighted by Gasteiger charge is 2.18. The fourth-order valence-corrected chi connectivity index (χ4v) is 4.14. The van der Waals surface area contributed by atoms with E-state index in [1.165, 1.54) is 0 Å². The summed E-state index contributed by atoms with van der Waals surface area (Å²) >= 11 is 23.5. The lowest BCUT2D eigenvalue weighted by Crippen LogP contribution is -2.02. The minimum Gasteiger partial charge on any atom is -0.493 e. The van der Waals surface area contributed by atoms with Crippen molar-refractivity contribution in [2.75, 3.05) is 6.61 Å². The summed E-state index contributed by atoms with van der Waals surface area (Å²) in [5, 5.41) is 0.287. The molecule has 0 bridgehead atoms. The second kappa shape index (κ2) is 10.3. The number of hydrogen-bond acceptors (Lipinski definition) is 3. The molecule has 0 fully saturated rings. The van der Waals surface area contributed by atoms with Gasteiger partial charge in [0.25, 0.3) is 5.24 Å². The summed E-state index contributed by atoms with van der Waals surface area (Å²) < 4.78 is 7.06. The summed E-state index contributed by atoms with van der Waals surface area (Å²) in [6, 6.07) is 15.7. The molecule has 1 aliphatic rings. The minimum atomic E-state index is -0.545. The number of hydrogen-bond donors (Lipinski definition) is 0. The largest absolute Gasteiger partial charge is 0.493 e. The quantitative estimate of drug-likeness (QED) is 0.231. The van der Waals surface area contributed by atoms with E-state index in [-0.39, 0.29) is 5.78 Å². The topological polar surface area (TPSA) is 43.4 Å². The molecule has 0 spiro atoms. The van der Waals surface area contributed by atoms with Crippen molar-refractivity contribution in [3.8, 4) is 5.75 Å². The zero-order valence-corrected chi connectivity index (χ0v) is 20.7. The molecule has 3 aromatic rings. The van der Waals surface area contributed by atoms with E-state index in [1.807, 2.05) is 18.2 Å². The smallest absolute Gasteiger partial charge is 0.253 e. The zero-order valence-electron chi connectivity index (χ0n) is 15.2. The molecule has 3 nitrogen and oxygen atoms in total. The van der Waals surface area contributed by atoms with Crippen LogP contribution in [0.2, 0.25) is 10.0 Å². The SMILES string of the molecule is O=C(Cl)c1cc(Br)ccc1Cl.O=C(c1ccc2c(c1)CCO2)c1cc(Br)ccc1Cl. The standard InChI is InChI=1S/C15H10BrClO2.C7H3BrCl2O/c16-11-2-3-13(17)12(8-11)15(18)10-1-4-14-9(7-10)5-6-19-14;8-4-1-2-6(9)5(3-4)7(10)11/h1-4,7-8H,5-6H2;1-3H. The second-order valence-electron chi connectivity index (χ2n) is 6.27. The van der Waals surface area contributed by atoms with Crippen LogP contribution in [0.5, 0.6) is 5.75 Å². The number of ketones is 1. The average molecular weight is 592 g/mol. The fourth-order valence-electron chi connectivity index (χ4n) is 2.80. The predicted molar refractivity (Wildman–Crippen MR) is 128 cm³/mol. The molecule has 3 aromatic carbocycles. The van der Waals surface area contributed by atoms with E-state index < -0.39 is 5.24 Å². The molecule has 0 saturated heterocycles. The molecular weight excluding hydrogens is 578 g/mol. The number of benzene rings is 3. The maximum atomic E-state index is 12.5. The van der Waals surface area contributed by atoms with E-state index in [9.17, 15) is 9.59 Å². The van der Waals surface area contributed by atoms with Gasteiger partial charge in [-0.05, 0) is 71.8 Å². The third-order valence-electron chi connectivity index (χ3n) is 4.26. The molecule has 4 rings (SSSR count). The molecule has 0 amide bonds. The summed E-state index contributed by atoms with van der Waals surface area (Å²) in [5.41, 5.74) is 2.55. The van der Waals surface area contributed by atoms with Crippen LogP contribution in [0.4, 0.5) is 0 Å². The summed E-state index contributed by atoms with van der Waals surface area (Å²) in [6.45, 7) is 0.685.